The molecule has 2 aromatic heterocycles. The summed E-state index contributed by atoms with van der Waals surface area (Å²) in [7, 11) is 0. The Morgan fingerprint density at radius 2 is 0.840 bits per heavy atom. The van der Waals surface area contributed by atoms with E-state index in [1.807, 2.05) is 84.9 Å². The van der Waals surface area contributed by atoms with Crippen LogP contribution in [0.25, 0.3) is 22.1 Å². The molecule has 2 N–H and O–H groups in total. The number of nitrogens with zero attached hydrogens (tertiary/aromatic N) is 2. The Labute approximate surface area is 161 Å². The first-order chi connectivity index (χ1) is 11.9. The molecule has 0 aliphatic rings. The van der Waals surface area contributed by atoms with E-state index in [4.69, 9.17) is 0 Å². The molecule has 0 spiro atoms. The molecule has 0 aliphatic carbocycles. The molecule has 0 atom stereocenters. The van der Waals surface area contributed by atoms with Gasteiger partial charge in [0, 0.05) is 22.4 Å². The third-order valence-corrected chi connectivity index (χ3v) is 3.32. The largest absolute Gasteiger partial charge is 0.345 e. The summed E-state index contributed by atoms with van der Waals surface area (Å²) in [6, 6.07) is 27.9. The van der Waals surface area contributed by atoms with Crippen LogP contribution in [0.15, 0.2) is 97.6 Å². The van der Waals surface area contributed by atoms with E-state index >= 15 is 0 Å². The van der Waals surface area contributed by atoms with E-state index in [2.05, 4.69) is 19.9 Å². The second-order valence-electron chi connectivity index (χ2n) is 4.99. The topological polar surface area (TPSA) is 57.4 Å². The van der Waals surface area contributed by atoms with Crippen molar-refractivity contribution in [3.8, 4) is 0 Å². The number of fused-ring (bicyclic) bond motifs is 2. The van der Waals surface area contributed by atoms with Gasteiger partial charge in [-0.1, -0.05) is 60.7 Å². The number of hydrogen-bond donors (Lipinski definition) is 2. The van der Waals surface area contributed by atoms with E-state index in [-0.39, 0.29) is 22.4 Å². The van der Waals surface area contributed by atoms with Crippen LogP contribution in [0.2, 0.25) is 0 Å². The minimum Gasteiger partial charge on any atom is -0.345 e. The zero-order valence-corrected chi connectivity index (χ0v) is 14.9. The normalized spacial score (nSPS) is 9.28. The second-order valence-corrected chi connectivity index (χ2v) is 4.99. The Morgan fingerprint density at radius 3 is 1.20 bits per heavy atom. The zero-order chi connectivity index (χ0) is 16.5. The Morgan fingerprint density at radius 1 is 0.480 bits per heavy atom. The summed E-state index contributed by atoms with van der Waals surface area (Å²) in [5.74, 6) is 0. The second kappa shape index (κ2) is 10.3. The molecular weight excluding hydrogens is 404 g/mol. The van der Waals surface area contributed by atoms with Gasteiger partial charge in [0.1, 0.15) is 0 Å². The minimum absolute atomic E-state index is 0. The van der Waals surface area contributed by atoms with Gasteiger partial charge in [0.15, 0.2) is 0 Å². The summed E-state index contributed by atoms with van der Waals surface area (Å²) < 4.78 is 0. The number of nitrogens with one attached hydrogen (secondary N) is 2. The average Bonchev–Trinajstić information content (AvgIpc) is 3.33. The molecule has 0 bridgehead atoms. The van der Waals surface area contributed by atoms with E-state index in [1.54, 1.807) is 12.7 Å². The van der Waals surface area contributed by atoms with Gasteiger partial charge < -0.3 is 9.97 Å². The van der Waals surface area contributed by atoms with Gasteiger partial charge in [0.2, 0.25) is 0 Å². The van der Waals surface area contributed by atoms with Crippen molar-refractivity contribution >= 4 is 22.1 Å². The van der Waals surface area contributed by atoms with Crippen LogP contribution in [0, 0.1) is 0 Å². The van der Waals surface area contributed by atoms with Crippen LogP contribution in [0.1, 0.15) is 0 Å². The van der Waals surface area contributed by atoms with Crippen molar-refractivity contribution in [2.45, 2.75) is 0 Å². The Hall–Kier alpha value is -2.66. The van der Waals surface area contributed by atoms with E-state index < -0.39 is 0 Å². The first-order valence-corrected chi connectivity index (χ1v) is 7.70. The molecule has 5 heteroatoms. The maximum absolute atomic E-state index is 4.06. The van der Waals surface area contributed by atoms with Gasteiger partial charge in [0.25, 0.3) is 0 Å². The first-order valence-electron chi connectivity index (χ1n) is 7.70. The van der Waals surface area contributed by atoms with Gasteiger partial charge in [-0.3, -0.25) is 0 Å². The minimum atomic E-state index is 0. The molecule has 0 saturated carbocycles. The maximum Gasteiger partial charge on any atom is 0.0931 e. The van der Waals surface area contributed by atoms with Gasteiger partial charge in [-0.15, -0.1) is 0 Å². The summed E-state index contributed by atoms with van der Waals surface area (Å²) in [5.41, 5.74) is 4.24. The van der Waals surface area contributed by atoms with Crippen LogP contribution in [0.3, 0.4) is 0 Å². The van der Waals surface area contributed by atoms with Crippen LogP contribution < -0.4 is 0 Å². The molecule has 0 aliphatic heterocycles. The summed E-state index contributed by atoms with van der Waals surface area (Å²) in [6.07, 6.45) is 3.40. The number of aromatic nitrogens is 4. The molecule has 129 valence electrons. The summed E-state index contributed by atoms with van der Waals surface area (Å²) in [6.45, 7) is 0. The van der Waals surface area contributed by atoms with Gasteiger partial charge >= 0.3 is 0 Å². The predicted octanol–water partition coefficient (Wildman–Crippen LogP) is 4.81. The van der Waals surface area contributed by atoms with Crippen LogP contribution in [0.4, 0.5) is 0 Å². The van der Waals surface area contributed by atoms with Gasteiger partial charge in [0.05, 0.1) is 34.7 Å². The molecule has 0 unspecified atom stereocenters. The third kappa shape index (κ3) is 5.72. The van der Waals surface area contributed by atoms with Gasteiger partial charge in [-0.25, -0.2) is 9.97 Å². The molecule has 0 amide bonds. The summed E-state index contributed by atoms with van der Waals surface area (Å²) in [4.78, 5) is 14.1. The van der Waals surface area contributed by atoms with Crippen molar-refractivity contribution in [3.63, 3.8) is 0 Å². The van der Waals surface area contributed by atoms with Crippen molar-refractivity contribution in [1.82, 2.24) is 19.9 Å². The van der Waals surface area contributed by atoms with Gasteiger partial charge in [-0.2, -0.15) is 0 Å². The third-order valence-electron chi connectivity index (χ3n) is 3.32. The molecule has 2 heterocycles. The number of benzene rings is 3. The van der Waals surface area contributed by atoms with Crippen molar-refractivity contribution in [2.24, 2.45) is 0 Å². The molecule has 3 aromatic carbocycles. The fraction of sp³-hybridized carbons (Fsp3) is 0. The molecule has 5 aromatic rings. The molecule has 0 saturated heterocycles. The Bertz CT molecular complexity index is 823. The SMILES string of the molecule is [Ag].c1ccc2[nH]cnc2c1.c1ccc2[nH]cnc2c1.c1ccccc1. The van der Waals surface area contributed by atoms with Crippen LogP contribution in [-0.4, -0.2) is 19.9 Å². The van der Waals surface area contributed by atoms with E-state index in [0.717, 1.165) is 22.1 Å². The van der Waals surface area contributed by atoms with Gasteiger partial charge in [-0.05, 0) is 24.3 Å². The fourth-order valence-electron chi connectivity index (χ4n) is 2.14. The van der Waals surface area contributed by atoms with E-state index in [0.29, 0.717) is 0 Å². The van der Waals surface area contributed by atoms with Crippen molar-refractivity contribution in [2.75, 3.05) is 0 Å². The fourth-order valence-corrected chi connectivity index (χ4v) is 2.14. The molecular formula is C20H18AgN4. The van der Waals surface area contributed by atoms with Crippen molar-refractivity contribution in [1.29, 1.82) is 0 Å². The van der Waals surface area contributed by atoms with Crippen molar-refractivity contribution < 1.29 is 22.4 Å². The standard InChI is InChI=1S/2C7H6N2.C6H6.Ag/c2*1-2-4-7-6(3-1)8-5-9-7;1-2-4-6-5-3-1;/h2*1-5H,(H,8,9);1-6H;. The zero-order valence-electron chi connectivity index (χ0n) is 13.4. The molecule has 0 fully saturated rings. The van der Waals surface area contributed by atoms with Crippen LogP contribution in [-0.2, 0) is 22.4 Å². The quantitative estimate of drug-likeness (QED) is 0.352. The predicted molar refractivity (Wildman–Crippen MR) is 98.6 cm³/mol. The Balaban J connectivity index is 0.000000136. The molecule has 5 rings (SSSR count). The monoisotopic (exact) mass is 421 g/mol. The summed E-state index contributed by atoms with van der Waals surface area (Å²) in [5, 5.41) is 0. The van der Waals surface area contributed by atoms with Crippen LogP contribution in [0.5, 0.6) is 0 Å². The number of rotatable bonds is 0. The molecule has 25 heavy (non-hydrogen) atoms. The van der Waals surface area contributed by atoms with Crippen molar-refractivity contribution in [3.05, 3.63) is 97.6 Å². The number of imidazole rings is 2. The van der Waals surface area contributed by atoms with Crippen LogP contribution >= 0.6 is 0 Å². The van der Waals surface area contributed by atoms with E-state index in [9.17, 15) is 0 Å². The molecule has 1 radical (unpaired) electrons. The smallest absolute Gasteiger partial charge is 0.0931 e. The average molecular weight is 422 g/mol. The number of para-hydroxylation sites is 4. The number of hydrogen-bond acceptors (Lipinski definition) is 2. The molecule has 4 nitrogen and oxygen atoms in total. The maximum atomic E-state index is 4.06. The first kappa shape index (κ1) is 18.7. The van der Waals surface area contributed by atoms with E-state index in [1.165, 1.54) is 0 Å². The number of aromatic amines is 2. The number of H-pyrrole nitrogens is 2. The Kier molecular flexibility index (Phi) is 7.66. The summed E-state index contributed by atoms with van der Waals surface area (Å²) >= 11 is 0.